The van der Waals surface area contributed by atoms with Crippen LogP contribution in [0.5, 0.6) is 0 Å². The van der Waals surface area contributed by atoms with Gasteiger partial charge in [0.05, 0.1) is 23.6 Å². The largest absolute Gasteiger partial charge is 0.364 e. The van der Waals surface area contributed by atoms with E-state index in [1.54, 1.807) is 6.26 Å². The second-order valence-corrected chi connectivity index (χ2v) is 6.74. The number of hydrogen-bond acceptors (Lipinski definition) is 5. The van der Waals surface area contributed by atoms with E-state index in [4.69, 9.17) is 4.52 Å². The molecule has 2 aromatic heterocycles. The van der Waals surface area contributed by atoms with E-state index in [-0.39, 0.29) is 0 Å². The fourth-order valence-corrected chi connectivity index (χ4v) is 3.35. The van der Waals surface area contributed by atoms with Crippen LogP contribution in [0.15, 0.2) is 64.4 Å². The standard InChI is InChI=1S/C20H25N7O/c1-21-20(26-12-10-25(11-13-26)16-18-8-14-28-24-18)22-15-17-7-9-27(23-17)19-5-3-2-4-6-19/h2-9,14H,10-13,15-16H2,1H3,(H,21,22). The van der Waals surface area contributed by atoms with Gasteiger partial charge in [-0.1, -0.05) is 23.4 Å². The molecule has 8 heteroatoms. The Hall–Kier alpha value is -3.13. The van der Waals surface area contributed by atoms with Gasteiger partial charge in [0.15, 0.2) is 5.96 Å². The number of aromatic nitrogens is 3. The van der Waals surface area contributed by atoms with Crippen molar-refractivity contribution in [2.75, 3.05) is 33.2 Å². The minimum Gasteiger partial charge on any atom is -0.364 e. The summed E-state index contributed by atoms with van der Waals surface area (Å²) in [5.41, 5.74) is 3.01. The van der Waals surface area contributed by atoms with Crippen LogP contribution in [0.2, 0.25) is 0 Å². The number of benzene rings is 1. The van der Waals surface area contributed by atoms with Crippen molar-refractivity contribution in [1.29, 1.82) is 0 Å². The number of para-hydroxylation sites is 1. The van der Waals surface area contributed by atoms with Crippen molar-refractivity contribution >= 4 is 5.96 Å². The molecule has 1 aliphatic rings. The zero-order chi connectivity index (χ0) is 19.2. The Morgan fingerprint density at radius 2 is 1.89 bits per heavy atom. The van der Waals surface area contributed by atoms with Gasteiger partial charge in [0.1, 0.15) is 6.26 Å². The molecule has 1 aromatic carbocycles. The van der Waals surface area contributed by atoms with Crippen molar-refractivity contribution in [3.05, 3.63) is 66.3 Å². The summed E-state index contributed by atoms with van der Waals surface area (Å²) in [6.07, 6.45) is 3.61. The van der Waals surface area contributed by atoms with Gasteiger partial charge in [-0.3, -0.25) is 9.89 Å². The van der Waals surface area contributed by atoms with Gasteiger partial charge in [0.25, 0.3) is 0 Å². The fraction of sp³-hybridized carbons (Fsp3) is 0.350. The number of nitrogens with zero attached hydrogens (tertiary/aromatic N) is 6. The second-order valence-electron chi connectivity index (χ2n) is 6.74. The molecule has 0 radical (unpaired) electrons. The molecule has 1 saturated heterocycles. The minimum atomic E-state index is 0.645. The molecule has 0 atom stereocenters. The predicted octanol–water partition coefficient (Wildman–Crippen LogP) is 1.75. The lowest BCUT2D eigenvalue weighted by atomic mass is 10.3. The predicted molar refractivity (Wildman–Crippen MR) is 107 cm³/mol. The number of nitrogens with one attached hydrogen (secondary N) is 1. The first kappa shape index (κ1) is 18.2. The molecule has 3 aromatic rings. The summed E-state index contributed by atoms with van der Waals surface area (Å²) in [4.78, 5) is 9.11. The highest BCUT2D eigenvalue weighted by Gasteiger charge is 2.20. The molecule has 0 unspecified atom stereocenters. The number of piperazine rings is 1. The molecule has 0 aliphatic carbocycles. The monoisotopic (exact) mass is 379 g/mol. The van der Waals surface area contributed by atoms with Crippen LogP contribution < -0.4 is 5.32 Å². The molecular formula is C20H25N7O. The topological polar surface area (TPSA) is 74.7 Å². The Kier molecular flexibility index (Phi) is 5.67. The van der Waals surface area contributed by atoms with Crippen molar-refractivity contribution in [2.24, 2.45) is 4.99 Å². The molecule has 1 aliphatic heterocycles. The third-order valence-corrected chi connectivity index (χ3v) is 4.85. The molecule has 0 amide bonds. The van der Waals surface area contributed by atoms with Crippen molar-refractivity contribution in [1.82, 2.24) is 30.1 Å². The first-order chi connectivity index (χ1) is 13.8. The van der Waals surface area contributed by atoms with Crippen molar-refractivity contribution in [2.45, 2.75) is 13.1 Å². The van der Waals surface area contributed by atoms with E-state index in [0.717, 1.165) is 55.8 Å². The van der Waals surface area contributed by atoms with Crippen LogP contribution >= 0.6 is 0 Å². The van der Waals surface area contributed by atoms with Gasteiger partial charge in [-0.2, -0.15) is 5.10 Å². The van der Waals surface area contributed by atoms with Gasteiger partial charge in [-0.15, -0.1) is 0 Å². The first-order valence-electron chi connectivity index (χ1n) is 9.49. The average molecular weight is 379 g/mol. The average Bonchev–Trinajstić information content (AvgIpc) is 3.42. The number of guanidine groups is 1. The van der Waals surface area contributed by atoms with Crippen molar-refractivity contribution in [3.8, 4) is 5.69 Å². The lowest BCUT2D eigenvalue weighted by Gasteiger charge is -2.36. The smallest absolute Gasteiger partial charge is 0.194 e. The Morgan fingerprint density at radius 3 is 2.61 bits per heavy atom. The summed E-state index contributed by atoms with van der Waals surface area (Å²) in [6, 6.07) is 14.1. The Labute approximate surface area is 164 Å². The van der Waals surface area contributed by atoms with Crippen molar-refractivity contribution < 1.29 is 4.52 Å². The van der Waals surface area contributed by atoms with Crippen LogP contribution in [0.4, 0.5) is 0 Å². The van der Waals surface area contributed by atoms with E-state index in [1.807, 2.05) is 60.4 Å². The molecule has 4 rings (SSSR count). The number of aliphatic imine (C=N–C) groups is 1. The Bertz CT molecular complexity index is 880. The lowest BCUT2D eigenvalue weighted by molar-refractivity contribution is 0.169. The third-order valence-electron chi connectivity index (χ3n) is 4.85. The zero-order valence-electron chi connectivity index (χ0n) is 16.0. The number of rotatable bonds is 5. The van der Waals surface area contributed by atoms with Gasteiger partial charge < -0.3 is 14.7 Å². The maximum Gasteiger partial charge on any atom is 0.194 e. The summed E-state index contributed by atoms with van der Waals surface area (Å²) in [7, 11) is 1.83. The fourth-order valence-electron chi connectivity index (χ4n) is 3.35. The third kappa shape index (κ3) is 4.40. The molecule has 1 fully saturated rings. The van der Waals surface area contributed by atoms with Crippen LogP contribution in [0.3, 0.4) is 0 Å². The molecule has 3 heterocycles. The van der Waals surface area contributed by atoms with E-state index in [2.05, 4.69) is 30.4 Å². The molecule has 0 spiro atoms. The molecular weight excluding hydrogens is 354 g/mol. The van der Waals surface area contributed by atoms with E-state index in [0.29, 0.717) is 6.54 Å². The Balaban J connectivity index is 1.28. The highest BCUT2D eigenvalue weighted by molar-refractivity contribution is 5.79. The molecule has 0 bridgehead atoms. The van der Waals surface area contributed by atoms with Gasteiger partial charge in [0, 0.05) is 52.0 Å². The van der Waals surface area contributed by atoms with Gasteiger partial charge in [0.2, 0.25) is 0 Å². The second kappa shape index (κ2) is 8.71. The lowest BCUT2D eigenvalue weighted by Crippen LogP contribution is -2.52. The first-order valence-corrected chi connectivity index (χ1v) is 9.49. The van der Waals surface area contributed by atoms with Gasteiger partial charge in [-0.05, 0) is 18.2 Å². The van der Waals surface area contributed by atoms with Crippen molar-refractivity contribution in [3.63, 3.8) is 0 Å². The maximum atomic E-state index is 4.91. The van der Waals surface area contributed by atoms with Crippen LogP contribution in [0.25, 0.3) is 5.69 Å². The van der Waals surface area contributed by atoms with Crippen LogP contribution in [-0.4, -0.2) is 63.9 Å². The van der Waals surface area contributed by atoms with E-state index < -0.39 is 0 Å². The molecule has 1 N–H and O–H groups in total. The number of hydrogen-bond donors (Lipinski definition) is 1. The van der Waals surface area contributed by atoms with Gasteiger partial charge >= 0.3 is 0 Å². The highest BCUT2D eigenvalue weighted by atomic mass is 16.5. The Morgan fingerprint density at radius 1 is 1.07 bits per heavy atom. The summed E-state index contributed by atoms with van der Waals surface area (Å²) in [5.74, 6) is 0.912. The summed E-state index contributed by atoms with van der Waals surface area (Å²) in [5, 5.41) is 12.1. The van der Waals surface area contributed by atoms with Crippen LogP contribution in [-0.2, 0) is 13.1 Å². The van der Waals surface area contributed by atoms with E-state index in [9.17, 15) is 0 Å². The van der Waals surface area contributed by atoms with E-state index >= 15 is 0 Å². The summed E-state index contributed by atoms with van der Waals surface area (Å²) in [6.45, 7) is 5.26. The van der Waals surface area contributed by atoms with Crippen LogP contribution in [0.1, 0.15) is 11.4 Å². The highest BCUT2D eigenvalue weighted by Crippen LogP contribution is 2.09. The molecule has 8 nitrogen and oxygen atoms in total. The summed E-state index contributed by atoms with van der Waals surface area (Å²) < 4.78 is 6.80. The maximum absolute atomic E-state index is 4.91. The molecule has 28 heavy (non-hydrogen) atoms. The molecule has 0 saturated carbocycles. The molecule has 146 valence electrons. The minimum absolute atomic E-state index is 0.645. The van der Waals surface area contributed by atoms with Crippen LogP contribution in [0, 0.1) is 0 Å². The zero-order valence-corrected chi connectivity index (χ0v) is 16.0. The normalized spacial score (nSPS) is 15.8. The quantitative estimate of drug-likeness (QED) is 0.538. The van der Waals surface area contributed by atoms with E-state index in [1.165, 1.54) is 0 Å². The SMILES string of the molecule is CN=C(NCc1ccn(-c2ccccc2)n1)N1CCN(Cc2ccon2)CC1. The summed E-state index contributed by atoms with van der Waals surface area (Å²) >= 11 is 0. The van der Waals surface area contributed by atoms with Gasteiger partial charge in [-0.25, -0.2) is 4.68 Å².